The van der Waals surface area contributed by atoms with E-state index >= 15 is 0 Å². The van der Waals surface area contributed by atoms with E-state index in [1.54, 1.807) is 30.3 Å². The number of nitrogens with zero attached hydrogens (tertiary/aromatic N) is 2. The fraction of sp³-hybridized carbons (Fsp3) is 0.333. The van der Waals surface area contributed by atoms with Crippen molar-refractivity contribution in [3.63, 3.8) is 0 Å². The van der Waals surface area contributed by atoms with E-state index in [-0.39, 0.29) is 36.2 Å². The largest absolute Gasteiger partial charge is 0.492 e. The summed E-state index contributed by atoms with van der Waals surface area (Å²) in [5, 5.41) is 2.66. The zero-order chi connectivity index (χ0) is 21.2. The number of carbonyl (C=O) groups excluding carboxylic acids is 1. The lowest BCUT2D eigenvalue weighted by Crippen LogP contribution is -2.33. The highest BCUT2D eigenvalue weighted by molar-refractivity contribution is 5.88. The van der Waals surface area contributed by atoms with Gasteiger partial charge in [-0.2, -0.15) is 13.2 Å². The summed E-state index contributed by atoms with van der Waals surface area (Å²) in [5.74, 6) is 0.436. The molecule has 0 saturated carbocycles. The van der Waals surface area contributed by atoms with Gasteiger partial charge in [-0.1, -0.05) is 6.07 Å². The lowest BCUT2D eigenvalue weighted by molar-refractivity contribution is -0.137. The molecular formula is C21H20F3N3O2. The van der Waals surface area contributed by atoms with Crippen LogP contribution in [0.5, 0.6) is 5.75 Å². The van der Waals surface area contributed by atoms with Crippen molar-refractivity contribution in [2.24, 2.45) is 0 Å². The summed E-state index contributed by atoms with van der Waals surface area (Å²) in [4.78, 5) is 16.0. The maximum atomic E-state index is 13.5. The third-order valence-electron chi connectivity index (χ3n) is 4.79. The van der Waals surface area contributed by atoms with Gasteiger partial charge in [-0.05, 0) is 49.2 Å². The number of nitrogens with one attached hydrogen (secondary N) is 1. The Hall–Kier alpha value is -3.21. The number of hydrogen-bond donors (Lipinski definition) is 1. The van der Waals surface area contributed by atoms with Gasteiger partial charge in [0.1, 0.15) is 12.4 Å². The van der Waals surface area contributed by atoms with E-state index in [0.717, 1.165) is 0 Å². The van der Waals surface area contributed by atoms with E-state index in [4.69, 9.17) is 11.3 Å². The fourth-order valence-corrected chi connectivity index (χ4v) is 3.59. The number of ether oxygens (including phenoxy) is 1. The molecule has 2 aromatic rings. The molecule has 1 amide bonds. The number of carbonyl (C=O) groups is 1. The average molecular weight is 403 g/mol. The van der Waals surface area contributed by atoms with Crippen LogP contribution in [0.2, 0.25) is 0 Å². The molecule has 1 aliphatic heterocycles. The Labute approximate surface area is 166 Å². The first-order valence-electron chi connectivity index (χ1n) is 9.08. The van der Waals surface area contributed by atoms with Crippen LogP contribution in [0.4, 0.5) is 30.2 Å². The van der Waals surface area contributed by atoms with Gasteiger partial charge in [-0.15, -0.1) is 0 Å². The normalized spacial score (nSPS) is 15.6. The van der Waals surface area contributed by atoms with Crippen molar-refractivity contribution in [3.05, 3.63) is 58.9 Å². The number of hydrogen-bond acceptors (Lipinski definition) is 3. The highest BCUT2D eigenvalue weighted by atomic mass is 19.4. The average Bonchev–Trinajstić information content (AvgIpc) is 2.96. The minimum Gasteiger partial charge on any atom is -0.492 e. The third kappa shape index (κ3) is 4.45. The number of amides is 1. The molecule has 0 bridgehead atoms. The summed E-state index contributed by atoms with van der Waals surface area (Å²) in [5.41, 5.74) is 0.150. The van der Waals surface area contributed by atoms with Gasteiger partial charge in [0.05, 0.1) is 18.7 Å². The van der Waals surface area contributed by atoms with Crippen LogP contribution >= 0.6 is 0 Å². The van der Waals surface area contributed by atoms with Crippen molar-refractivity contribution in [3.8, 4) is 5.75 Å². The van der Waals surface area contributed by atoms with E-state index in [0.29, 0.717) is 23.7 Å². The summed E-state index contributed by atoms with van der Waals surface area (Å²) in [7, 11) is 0. The lowest BCUT2D eigenvalue weighted by atomic mass is 10.0. The van der Waals surface area contributed by atoms with Gasteiger partial charge in [0.25, 0.3) is 0 Å². The van der Waals surface area contributed by atoms with Gasteiger partial charge in [0.15, 0.2) is 5.69 Å². The van der Waals surface area contributed by atoms with E-state index in [2.05, 4.69) is 10.2 Å². The molecule has 1 heterocycles. The second-order valence-electron chi connectivity index (χ2n) is 6.87. The molecule has 1 N–H and O–H groups in total. The first-order chi connectivity index (χ1) is 13.7. The van der Waals surface area contributed by atoms with Gasteiger partial charge in [0, 0.05) is 24.3 Å². The smallest absolute Gasteiger partial charge is 0.407 e. The Balaban J connectivity index is 1.71. The zero-order valence-corrected chi connectivity index (χ0v) is 16.0. The topological polar surface area (TPSA) is 45.9 Å². The molecule has 0 aliphatic carbocycles. The van der Waals surface area contributed by atoms with Gasteiger partial charge < -0.3 is 15.0 Å². The minimum atomic E-state index is -4.56. The zero-order valence-electron chi connectivity index (χ0n) is 16.0. The molecule has 1 unspecified atom stereocenters. The molecule has 152 valence electrons. The van der Waals surface area contributed by atoms with Crippen LogP contribution in [0.1, 0.15) is 25.0 Å². The van der Waals surface area contributed by atoms with Crippen LogP contribution in [0, 0.1) is 6.57 Å². The van der Waals surface area contributed by atoms with Crippen LogP contribution in [-0.4, -0.2) is 25.1 Å². The van der Waals surface area contributed by atoms with Crippen molar-refractivity contribution in [1.82, 2.24) is 0 Å². The van der Waals surface area contributed by atoms with Crippen LogP contribution in [0.15, 0.2) is 36.4 Å². The molecule has 8 heteroatoms. The van der Waals surface area contributed by atoms with E-state index in [9.17, 15) is 18.0 Å². The van der Waals surface area contributed by atoms with Crippen LogP contribution in [-0.2, 0) is 17.4 Å². The van der Waals surface area contributed by atoms with Crippen molar-refractivity contribution < 1.29 is 22.7 Å². The maximum absolute atomic E-state index is 13.5. The fourth-order valence-electron chi connectivity index (χ4n) is 3.59. The molecule has 29 heavy (non-hydrogen) atoms. The summed E-state index contributed by atoms with van der Waals surface area (Å²) in [6.07, 6.45) is -4.33. The number of benzene rings is 2. The summed E-state index contributed by atoms with van der Waals surface area (Å²) < 4.78 is 46.3. The Morgan fingerprint density at radius 3 is 2.55 bits per heavy atom. The number of fused-ring (bicyclic) bond motifs is 1. The second-order valence-corrected chi connectivity index (χ2v) is 6.87. The van der Waals surface area contributed by atoms with Crippen molar-refractivity contribution in [2.45, 2.75) is 32.5 Å². The third-order valence-corrected chi connectivity index (χ3v) is 4.79. The van der Waals surface area contributed by atoms with E-state index < -0.39 is 11.7 Å². The number of rotatable bonds is 5. The molecule has 1 aliphatic rings. The molecule has 5 nitrogen and oxygen atoms in total. The second kappa shape index (κ2) is 8.03. The number of anilines is 2. The Kier molecular flexibility index (Phi) is 5.69. The van der Waals surface area contributed by atoms with E-state index in [1.807, 2.05) is 11.8 Å². The number of alkyl halides is 3. The summed E-state index contributed by atoms with van der Waals surface area (Å²) in [6.45, 7) is 11.0. The molecule has 0 fully saturated rings. The van der Waals surface area contributed by atoms with Gasteiger partial charge in [-0.3, -0.25) is 4.79 Å². The summed E-state index contributed by atoms with van der Waals surface area (Å²) >= 11 is 0. The Bertz CT molecular complexity index is 949. The molecule has 0 saturated heterocycles. The highest BCUT2D eigenvalue weighted by Gasteiger charge is 2.40. The van der Waals surface area contributed by atoms with Gasteiger partial charge in [-0.25, -0.2) is 4.85 Å². The van der Waals surface area contributed by atoms with Crippen molar-refractivity contribution in [1.29, 1.82) is 0 Å². The molecule has 0 aromatic heterocycles. The van der Waals surface area contributed by atoms with Crippen LogP contribution in [0.3, 0.4) is 0 Å². The van der Waals surface area contributed by atoms with Crippen LogP contribution in [0.25, 0.3) is 4.85 Å². The molecular weight excluding hydrogens is 383 g/mol. The van der Waals surface area contributed by atoms with Gasteiger partial charge >= 0.3 is 6.18 Å². The monoisotopic (exact) mass is 403 g/mol. The standard InChI is InChI=1S/C21H20F3N3O2/c1-13-12-17-19(9-8-18(25-3)20(17)21(22,23)24)27(13)10-11-29-16-6-4-15(5-7-16)26-14(2)28/h4-9,13H,10-12H2,1-2H3,(H,26,28). The van der Waals surface area contributed by atoms with Crippen molar-refractivity contribution in [2.75, 3.05) is 23.4 Å². The van der Waals surface area contributed by atoms with Crippen molar-refractivity contribution >= 4 is 23.0 Å². The van der Waals surface area contributed by atoms with Gasteiger partial charge in [0.2, 0.25) is 5.91 Å². The maximum Gasteiger partial charge on any atom is 0.407 e. The summed E-state index contributed by atoms with van der Waals surface area (Å²) in [6, 6.07) is 9.56. The quantitative estimate of drug-likeness (QED) is 0.711. The van der Waals surface area contributed by atoms with E-state index in [1.165, 1.54) is 13.0 Å². The first kappa shape index (κ1) is 20.5. The van der Waals surface area contributed by atoms with Crippen LogP contribution < -0.4 is 15.0 Å². The molecule has 0 spiro atoms. The predicted molar refractivity (Wildman–Crippen MR) is 104 cm³/mol. The SMILES string of the molecule is [C-]#[N+]c1ccc2c(c1C(F)(F)F)CC(C)N2CCOc1ccc(NC(C)=O)cc1. The lowest BCUT2D eigenvalue weighted by Gasteiger charge is -2.25. The molecule has 2 aromatic carbocycles. The Morgan fingerprint density at radius 1 is 1.28 bits per heavy atom. The predicted octanol–water partition coefficient (Wildman–Crippen LogP) is 5.04. The molecule has 0 radical (unpaired) electrons. The molecule has 1 atom stereocenters. The first-order valence-corrected chi connectivity index (χ1v) is 9.08. The Morgan fingerprint density at radius 2 is 1.97 bits per heavy atom. The number of halogens is 3. The minimum absolute atomic E-state index is 0.127. The molecule has 3 rings (SSSR count). The highest BCUT2D eigenvalue weighted by Crippen LogP contribution is 2.46.